The second-order valence-corrected chi connectivity index (χ2v) is 9.57. The molecule has 1 aliphatic carbocycles. The Morgan fingerprint density at radius 3 is 2.21 bits per heavy atom. The van der Waals surface area contributed by atoms with Gasteiger partial charge in [-0.25, -0.2) is 0 Å². The maximum atomic E-state index is 10.8. The molecule has 0 spiro atoms. The fourth-order valence-electron chi connectivity index (χ4n) is 6.29. The Labute approximate surface area is 180 Å². The smallest absolute Gasteiger partial charge is 0.123 e. The molecule has 3 atom stereocenters. The lowest BCUT2D eigenvalue weighted by Gasteiger charge is -2.54. The van der Waals surface area contributed by atoms with Gasteiger partial charge in [0.15, 0.2) is 0 Å². The van der Waals surface area contributed by atoms with Crippen molar-refractivity contribution in [3.8, 4) is 11.5 Å². The summed E-state index contributed by atoms with van der Waals surface area (Å²) in [5, 5.41) is 14.6. The molecule has 3 heteroatoms. The van der Waals surface area contributed by atoms with Gasteiger partial charge in [0.25, 0.3) is 0 Å². The monoisotopic (exact) mass is 405 g/mol. The summed E-state index contributed by atoms with van der Waals surface area (Å²) in [7, 11) is 1.66. The van der Waals surface area contributed by atoms with Crippen LogP contribution >= 0.6 is 0 Å². The van der Waals surface area contributed by atoms with E-state index >= 15 is 0 Å². The number of hydrogen-bond donors (Lipinski definition) is 2. The van der Waals surface area contributed by atoms with Crippen LogP contribution < -0.4 is 10.1 Å². The average molecular weight is 406 g/mol. The van der Waals surface area contributed by atoms with E-state index in [2.05, 4.69) is 46.0 Å². The van der Waals surface area contributed by atoms with E-state index in [1.54, 1.807) is 13.2 Å². The van der Waals surface area contributed by atoms with Crippen LogP contribution in [0.15, 0.2) is 12.1 Å². The Kier molecular flexibility index (Phi) is 9.08. The van der Waals surface area contributed by atoms with Crippen LogP contribution in [0.4, 0.5) is 0 Å². The summed E-state index contributed by atoms with van der Waals surface area (Å²) in [4.78, 5) is 0. The van der Waals surface area contributed by atoms with E-state index in [0.717, 1.165) is 36.3 Å². The Morgan fingerprint density at radius 1 is 1.03 bits per heavy atom. The average Bonchev–Trinajstić information content (AvgIpc) is 2.78. The highest BCUT2D eigenvalue weighted by atomic mass is 16.5. The van der Waals surface area contributed by atoms with Crippen molar-refractivity contribution in [2.75, 3.05) is 13.7 Å². The van der Waals surface area contributed by atoms with Crippen molar-refractivity contribution in [2.45, 2.75) is 105 Å². The van der Waals surface area contributed by atoms with Gasteiger partial charge in [-0.1, -0.05) is 41.5 Å². The molecule has 1 heterocycles. The van der Waals surface area contributed by atoms with E-state index in [-0.39, 0.29) is 11.0 Å². The van der Waals surface area contributed by atoms with Crippen LogP contribution in [-0.4, -0.2) is 24.3 Å². The van der Waals surface area contributed by atoms with Crippen LogP contribution in [0.2, 0.25) is 0 Å². The molecule has 3 rings (SSSR count). The lowest BCUT2D eigenvalue weighted by Crippen LogP contribution is -2.54. The Balaban J connectivity index is 0.000000989. The van der Waals surface area contributed by atoms with Gasteiger partial charge >= 0.3 is 0 Å². The molecule has 168 valence electrons. The Bertz CT molecular complexity index is 631. The van der Waals surface area contributed by atoms with E-state index in [4.69, 9.17) is 4.74 Å². The SMILES string of the molecule is CC.CC.COc1cc(C)c([C@@]2(C)CC[C@@H]3C(C)(C)NCCC[C@@]3(C)C2)c(O)c1. The van der Waals surface area contributed by atoms with Crippen LogP contribution in [0.25, 0.3) is 0 Å². The van der Waals surface area contributed by atoms with E-state index < -0.39 is 0 Å². The summed E-state index contributed by atoms with van der Waals surface area (Å²) in [6.45, 7) is 20.8. The first-order valence-electron chi connectivity index (χ1n) is 11.7. The fourth-order valence-corrected chi connectivity index (χ4v) is 6.29. The van der Waals surface area contributed by atoms with Crippen LogP contribution in [0.3, 0.4) is 0 Å². The first-order chi connectivity index (χ1) is 13.6. The first-order valence-corrected chi connectivity index (χ1v) is 11.7. The number of rotatable bonds is 2. The lowest BCUT2D eigenvalue weighted by molar-refractivity contribution is 0.0142. The van der Waals surface area contributed by atoms with Crippen LogP contribution in [0.1, 0.15) is 98.6 Å². The minimum absolute atomic E-state index is 0.0199. The maximum absolute atomic E-state index is 10.8. The Hall–Kier alpha value is -1.22. The number of phenolic OH excluding ortho intramolecular Hbond substituents is 1. The predicted octanol–water partition coefficient (Wildman–Crippen LogP) is 6.99. The van der Waals surface area contributed by atoms with Gasteiger partial charge in [0.2, 0.25) is 0 Å². The van der Waals surface area contributed by atoms with Gasteiger partial charge in [-0.05, 0) is 87.8 Å². The van der Waals surface area contributed by atoms with Crippen molar-refractivity contribution >= 4 is 0 Å². The van der Waals surface area contributed by atoms with Crippen LogP contribution in [0.5, 0.6) is 11.5 Å². The van der Waals surface area contributed by atoms with Crippen molar-refractivity contribution in [3.05, 3.63) is 23.3 Å². The predicted molar refractivity (Wildman–Crippen MR) is 126 cm³/mol. The molecular formula is C26H47NO2. The highest BCUT2D eigenvalue weighted by molar-refractivity contribution is 5.49. The number of phenols is 1. The van der Waals surface area contributed by atoms with E-state index in [1.807, 2.05) is 27.7 Å². The van der Waals surface area contributed by atoms with Gasteiger partial charge in [0.05, 0.1) is 7.11 Å². The summed E-state index contributed by atoms with van der Waals surface area (Å²) < 4.78 is 5.33. The number of fused-ring (bicyclic) bond motifs is 1. The van der Waals surface area contributed by atoms with E-state index in [9.17, 15) is 5.11 Å². The van der Waals surface area contributed by atoms with Gasteiger partial charge in [-0.15, -0.1) is 0 Å². The minimum atomic E-state index is 0.0199. The van der Waals surface area contributed by atoms with Crippen molar-refractivity contribution in [3.63, 3.8) is 0 Å². The molecule has 3 nitrogen and oxygen atoms in total. The largest absolute Gasteiger partial charge is 0.507 e. The zero-order chi connectivity index (χ0) is 22.5. The molecule has 0 aromatic heterocycles. The van der Waals surface area contributed by atoms with Gasteiger partial charge in [-0.3, -0.25) is 0 Å². The summed E-state index contributed by atoms with van der Waals surface area (Å²) in [5.41, 5.74) is 2.78. The standard InChI is InChI=1S/C22H35NO2.2C2H6/c1-15-12-16(25-6)13-17(24)19(15)22(5)10-8-18-20(2,3)23-11-7-9-21(18,4)14-22;2*1-2/h12-13,18,23-24H,7-11,14H2,1-6H3;2*1-2H3/t18-,21+,22+;;/m1../s1. The zero-order valence-electron chi connectivity index (χ0n) is 20.8. The van der Waals surface area contributed by atoms with Crippen molar-refractivity contribution < 1.29 is 9.84 Å². The lowest BCUT2D eigenvalue weighted by atomic mass is 9.52. The van der Waals surface area contributed by atoms with E-state index in [0.29, 0.717) is 17.1 Å². The summed E-state index contributed by atoms with van der Waals surface area (Å²) >= 11 is 0. The molecule has 1 aromatic rings. The van der Waals surface area contributed by atoms with Gasteiger partial charge in [-0.2, -0.15) is 0 Å². The van der Waals surface area contributed by atoms with Crippen LogP contribution in [-0.2, 0) is 5.41 Å². The molecule has 2 fully saturated rings. The molecule has 1 aromatic carbocycles. The minimum Gasteiger partial charge on any atom is -0.507 e. The van der Waals surface area contributed by atoms with Crippen molar-refractivity contribution in [1.82, 2.24) is 5.32 Å². The quantitative estimate of drug-likeness (QED) is 0.557. The number of methoxy groups -OCH3 is 1. The van der Waals surface area contributed by atoms with Gasteiger partial charge in [0, 0.05) is 17.2 Å². The molecule has 0 unspecified atom stereocenters. The third-order valence-corrected chi connectivity index (χ3v) is 7.12. The number of nitrogens with one attached hydrogen (secondary N) is 1. The summed E-state index contributed by atoms with van der Waals surface area (Å²) in [6.07, 6.45) is 5.97. The van der Waals surface area contributed by atoms with Gasteiger partial charge in [0.1, 0.15) is 11.5 Å². The van der Waals surface area contributed by atoms with Crippen molar-refractivity contribution in [1.29, 1.82) is 0 Å². The third-order valence-electron chi connectivity index (χ3n) is 7.12. The number of hydrogen-bond acceptors (Lipinski definition) is 3. The molecule has 1 aliphatic heterocycles. The molecule has 2 aliphatic rings. The maximum Gasteiger partial charge on any atom is 0.123 e. The molecule has 0 radical (unpaired) electrons. The molecule has 0 amide bonds. The molecule has 2 N–H and O–H groups in total. The molecule has 1 saturated heterocycles. The molecular weight excluding hydrogens is 358 g/mol. The molecule has 0 bridgehead atoms. The topological polar surface area (TPSA) is 41.5 Å². The summed E-state index contributed by atoms with van der Waals surface area (Å²) in [5.74, 6) is 1.81. The zero-order valence-corrected chi connectivity index (χ0v) is 20.8. The van der Waals surface area contributed by atoms with Crippen molar-refractivity contribution in [2.24, 2.45) is 11.3 Å². The first kappa shape index (κ1) is 25.8. The number of aryl methyl sites for hydroxylation is 1. The highest BCUT2D eigenvalue weighted by Gasteiger charge is 2.52. The number of aromatic hydroxyl groups is 1. The second kappa shape index (κ2) is 10.2. The highest BCUT2D eigenvalue weighted by Crippen LogP contribution is 2.58. The number of ether oxygens (including phenoxy) is 1. The van der Waals surface area contributed by atoms with Crippen LogP contribution in [0, 0.1) is 18.3 Å². The third kappa shape index (κ3) is 5.29. The molecule has 29 heavy (non-hydrogen) atoms. The summed E-state index contributed by atoms with van der Waals surface area (Å²) in [6, 6.07) is 3.84. The van der Waals surface area contributed by atoms with E-state index in [1.165, 1.54) is 19.3 Å². The van der Waals surface area contributed by atoms with Gasteiger partial charge < -0.3 is 15.2 Å². The number of benzene rings is 1. The molecule has 1 saturated carbocycles. The second-order valence-electron chi connectivity index (χ2n) is 9.57. The fraction of sp³-hybridized carbons (Fsp3) is 0.769. The Morgan fingerprint density at radius 2 is 1.66 bits per heavy atom. The normalized spacial score (nSPS) is 30.5.